The molecule has 1 atom stereocenters. The van der Waals surface area contributed by atoms with E-state index in [1.165, 1.54) is 13.0 Å². The van der Waals surface area contributed by atoms with E-state index in [0.29, 0.717) is 11.5 Å². The molecule has 2 N–H and O–H groups in total. The Balaban J connectivity index is 2.49. The average Bonchev–Trinajstić information content (AvgIpc) is 2.46. The van der Waals surface area contributed by atoms with Gasteiger partial charge in [0, 0.05) is 11.5 Å². The third-order valence-electron chi connectivity index (χ3n) is 3.57. The molecule has 0 radical (unpaired) electrons. The van der Waals surface area contributed by atoms with Crippen LogP contribution in [0.3, 0.4) is 0 Å². The summed E-state index contributed by atoms with van der Waals surface area (Å²) < 4.78 is 0. The first-order chi connectivity index (χ1) is 9.85. The van der Waals surface area contributed by atoms with Crippen molar-refractivity contribution in [1.29, 1.82) is 0 Å². The van der Waals surface area contributed by atoms with E-state index < -0.39 is 17.4 Å². The minimum absolute atomic E-state index is 0.0269. The lowest BCUT2D eigenvalue weighted by Crippen LogP contribution is -2.29. The van der Waals surface area contributed by atoms with Crippen LogP contribution in [0, 0.1) is 5.41 Å². The highest BCUT2D eigenvalue weighted by Crippen LogP contribution is 2.37. The minimum Gasteiger partial charge on any atom is -0.481 e. The van der Waals surface area contributed by atoms with Gasteiger partial charge in [-0.15, -0.1) is 11.6 Å². The Hall–Kier alpha value is -2.07. The molecular weight excluding hydrogens is 292 g/mol. The molecule has 0 aliphatic heterocycles. The molecule has 0 heterocycles. The second kappa shape index (κ2) is 5.74. The van der Waals surface area contributed by atoms with Crippen molar-refractivity contribution < 1.29 is 19.8 Å². The third-order valence-corrected chi connectivity index (χ3v) is 3.87. The topological polar surface area (TPSA) is 74.6 Å². The van der Waals surface area contributed by atoms with Crippen LogP contribution < -0.4 is 0 Å². The Kier molecular flexibility index (Phi) is 4.19. The lowest BCUT2D eigenvalue weighted by molar-refractivity contribution is -0.145. The molecule has 5 heteroatoms. The summed E-state index contributed by atoms with van der Waals surface area (Å²) >= 11 is 5.73. The Morgan fingerprint density at radius 3 is 2.33 bits per heavy atom. The van der Waals surface area contributed by atoms with E-state index in [1.54, 1.807) is 6.08 Å². The second-order valence-electron chi connectivity index (χ2n) is 5.30. The molecule has 1 aromatic carbocycles. The summed E-state index contributed by atoms with van der Waals surface area (Å²) in [6.07, 6.45) is 3.11. The molecule has 0 bridgehead atoms. The summed E-state index contributed by atoms with van der Waals surface area (Å²) in [4.78, 5) is 22.7. The molecule has 1 aromatic rings. The van der Waals surface area contributed by atoms with Crippen LogP contribution in [0.1, 0.15) is 24.5 Å². The number of carboxylic acid groups (broad SMARTS) is 2. The first-order valence-electron chi connectivity index (χ1n) is 6.41. The number of aliphatic carboxylic acids is 2. The lowest BCUT2D eigenvalue weighted by atomic mass is 9.76. The predicted octanol–water partition coefficient (Wildman–Crippen LogP) is 3.31. The van der Waals surface area contributed by atoms with E-state index in [9.17, 15) is 19.8 Å². The van der Waals surface area contributed by atoms with Crippen molar-refractivity contribution >= 4 is 29.1 Å². The molecule has 4 nitrogen and oxygen atoms in total. The number of carbonyl (C=O) groups is 2. The molecule has 21 heavy (non-hydrogen) atoms. The fraction of sp³-hybridized carbons (Fsp3) is 0.250. The largest absolute Gasteiger partial charge is 0.481 e. The zero-order chi connectivity index (χ0) is 15.6. The molecule has 0 spiro atoms. The van der Waals surface area contributed by atoms with Crippen LogP contribution in [-0.2, 0) is 15.5 Å². The maximum Gasteiger partial charge on any atom is 0.331 e. The van der Waals surface area contributed by atoms with E-state index in [-0.39, 0.29) is 12.0 Å². The first kappa shape index (κ1) is 15.3. The first-order valence-corrected chi connectivity index (χ1v) is 6.94. The van der Waals surface area contributed by atoms with Crippen LogP contribution in [0.5, 0.6) is 0 Å². The second-order valence-corrected chi connectivity index (χ2v) is 5.57. The summed E-state index contributed by atoms with van der Waals surface area (Å²) in [6.45, 7) is 1.53. The smallest absolute Gasteiger partial charge is 0.331 e. The van der Waals surface area contributed by atoms with Gasteiger partial charge in [-0.05, 0) is 36.1 Å². The molecule has 1 aliphatic rings. The number of rotatable bonds is 4. The standard InChI is InChI=1S/C16H15ClO4/c1-16(15(20)21)7-12(6-13(8-16)14(18)19)11-4-2-10(9-17)3-5-11/h2-7H,8-9H2,1H3,(H,18,19)(H,20,21). The monoisotopic (exact) mass is 306 g/mol. The van der Waals surface area contributed by atoms with Crippen LogP contribution in [0.25, 0.3) is 5.57 Å². The highest BCUT2D eigenvalue weighted by atomic mass is 35.5. The molecule has 0 saturated carbocycles. The summed E-state index contributed by atoms with van der Waals surface area (Å²) in [5.41, 5.74) is 1.20. The number of halogens is 1. The summed E-state index contributed by atoms with van der Waals surface area (Å²) in [6, 6.07) is 7.30. The zero-order valence-corrected chi connectivity index (χ0v) is 12.2. The lowest BCUT2D eigenvalue weighted by Gasteiger charge is -2.26. The van der Waals surface area contributed by atoms with E-state index >= 15 is 0 Å². The van der Waals surface area contributed by atoms with Crippen LogP contribution in [0.2, 0.25) is 0 Å². The SMILES string of the molecule is CC1(C(=O)O)C=C(c2ccc(CCl)cc2)C=C(C(=O)O)C1. The Morgan fingerprint density at radius 1 is 1.24 bits per heavy atom. The van der Waals surface area contributed by atoms with Gasteiger partial charge in [0.15, 0.2) is 0 Å². The van der Waals surface area contributed by atoms with Gasteiger partial charge in [-0.1, -0.05) is 30.3 Å². The van der Waals surface area contributed by atoms with E-state index in [1.807, 2.05) is 24.3 Å². The molecule has 110 valence electrons. The number of hydrogen-bond acceptors (Lipinski definition) is 2. The minimum atomic E-state index is -1.22. The van der Waals surface area contributed by atoms with Crippen molar-refractivity contribution in [1.82, 2.24) is 0 Å². The molecule has 0 aromatic heterocycles. The van der Waals surface area contributed by atoms with Crippen molar-refractivity contribution in [3.8, 4) is 0 Å². The number of hydrogen-bond donors (Lipinski definition) is 2. The number of benzene rings is 1. The number of allylic oxidation sites excluding steroid dienone is 2. The van der Waals surface area contributed by atoms with Crippen LogP contribution in [0.15, 0.2) is 42.0 Å². The highest BCUT2D eigenvalue weighted by molar-refractivity contribution is 6.17. The van der Waals surface area contributed by atoms with Crippen molar-refractivity contribution in [3.63, 3.8) is 0 Å². The van der Waals surface area contributed by atoms with Gasteiger partial charge < -0.3 is 10.2 Å². The third kappa shape index (κ3) is 3.16. The van der Waals surface area contributed by atoms with Crippen molar-refractivity contribution in [2.45, 2.75) is 19.2 Å². The highest BCUT2D eigenvalue weighted by Gasteiger charge is 2.36. The van der Waals surface area contributed by atoms with E-state index in [2.05, 4.69) is 0 Å². The van der Waals surface area contributed by atoms with Crippen molar-refractivity contribution in [3.05, 3.63) is 53.1 Å². The van der Waals surface area contributed by atoms with Crippen LogP contribution in [-0.4, -0.2) is 22.2 Å². The van der Waals surface area contributed by atoms with Gasteiger partial charge in [0.2, 0.25) is 0 Å². The van der Waals surface area contributed by atoms with Crippen molar-refractivity contribution in [2.75, 3.05) is 0 Å². The van der Waals surface area contributed by atoms with Crippen LogP contribution in [0.4, 0.5) is 0 Å². The Labute approximate surface area is 127 Å². The fourth-order valence-electron chi connectivity index (χ4n) is 2.30. The molecule has 2 rings (SSSR count). The molecule has 1 aliphatic carbocycles. The van der Waals surface area contributed by atoms with Gasteiger partial charge in [-0.3, -0.25) is 4.79 Å². The summed E-state index contributed by atoms with van der Waals surface area (Å²) in [7, 11) is 0. The molecule has 0 saturated heterocycles. The summed E-state index contributed by atoms with van der Waals surface area (Å²) in [5, 5.41) is 18.6. The Bertz CT molecular complexity index is 643. The normalized spacial score (nSPS) is 21.4. The molecule has 0 amide bonds. The van der Waals surface area contributed by atoms with Crippen molar-refractivity contribution in [2.24, 2.45) is 5.41 Å². The number of alkyl halides is 1. The van der Waals surface area contributed by atoms with Gasteiger partial charge in [0.25, 0.3) is 0 Å². The van der Waals surface area contributed by atoms with Crippen LogP contribution >= 0.6 is 11.6 Å². The maximum absolute atomic E-state index is 11.4. The summed E-state index contributed by atoms with van der Waals surface area (Å²) in [5.74, 6) is -1.74. The van der Waals surface area contributed by atoms with E-state index in [4.69, 9.17) is 11.6 Å². The fourth-order valence-corrected chi connectivity index (χ4v) is 2.48. The maximum atomic E-state index is 11.4. The quantitative estimate of drug-likeness (QED) is 0.837. The van der Waals surface area contributed by atoms with E-state index in [0.717, 1.165) is 11.1 Å². The number of carboxylic acids is 2. The van der Waals surface area contributed by atoms with Gasteiger partial charge in [0.1, 0.15) is 0 Å². The predicted molar refractivity (Wildman–Crippen MR) is 80.1 cm³/mol. The molecular formula is C16H15ClO4. The molecule has 1 unspecified atom stereocenters. The molecule has 0 fully saturated rings. The van der Waals surface area contributed by atoms with Gasteiger partial charge >= 0.3 is 11.9 Å². The zero-order valence-electron chi connectivity index (χ0n) is 11.5. The van der Waals surface area contributed by atoms with Gasteiger partial charge in [-0.2, -0.15) is 0 Å². The average molecular weight is 307 g/mol. The Morgan fingerprint density at radius 2 is 1.86 bits per heavy atom. The van der Waals surface area contributed by atoms with Gasteiger partial charge in [0.05, 0.1) is 5.41 Å². The van der Waals surface area contributed by atoms with Gasteiger partial charge in [-0.25, -0.2) is 4.79 Å².